The Labute approximate surface area is 175 Å². The molecule has 0 aliphatic rings. The molecule has 0 unspecified atom stereocenters. The second-order valence-electron chi connectivity index (χ2n) is 4.29. The molecule has 0 saturated carbocycles. The standard InChI is InChI=1S/C8HF17.K.H/c9-1(10)2(11,12)3(13,14)4(15,16)5(17,18)6(19,20)7(21,22)8(23,24)25;;/h1H;;/q;+1;-1. The first-order valence-electron chi connectivity index (χ1n) is 5.06. The summed E-state index contributed by atoms with van der Waals surface area (Å²) in [6.07, 6.45) is -13.6. The summed E-state index contributed by atoms with van der Waals surface area (Å²) in [5.41, 5.74) is 0. The van der Waals surface area contributed by atoms with Gasteiger partial charge in [0.1, 0.15) is 0 Å². The van der Waals surface area contributed by atoms with E-state index in [-0.39, 0.29) is 52.8 Å². The number of halogens is 17. The van der Waals surface area contributed by atoms with Gasteiger partial charge in [0.15, 0.2) is 0 Å². The van der Waals surface area contributed by atoms with Crippen LogP contribution in [0, 0.1) is 0 Å². The van der Waals surface area contributed by atoms with Gasteiger partial charge in [-0.3, -0.25) is 0 Å². The minimum Gasteiger partial charge on any atom is -1.00 e. The van der Waals surface area contributed by atoms with Gasteiger partial charge in [0.05, 0.1) is 0 Å². The van der Waals surface area contributed by atoms with Crippen LogP contribution in [-0.4, -0.2) is 48.1 Å². The van der Waals surface area contributed by atoms with Crippen molar-refractivity contribution in [2.45, 2.75) is 48.1 Å². The van der Waals surface area contributed by atoms with E-state index in [2.05, 4.69) is 0 Å². The van der Waals surface area contributed by atoms with Gasteiger partial charge in [0.25, 0.3) is 0 Å². The third kappa shape index (κ3) is 3.68. The van der Waals surface area contributed by atoms with E-state index in [0.717, 1.165) is 0 Å². The molecular weight excluding hydrogens is 458 g/mol. The van der Waals surface area contributed by atoms with Crippen molar-refractivity contribution in [3.63, 3.8) is 0 Å². The topological polar surface area (TPSA) is 0 Å². The van der Waals surface area contributed by atoms with Gasteiger partial charge < -0.3 is 1.43 Å². The van der Waals surface area contributed by atoms with Crippen LogP contribution >= 0.6 is 0 Å². The molecule has 0 fully saturated rings. The van der Waals surface area contributed by atoms with Crippen molar-refractivity contribution >= 4 is 0 Å². The Morgan fingerprint density at radius 3 is 0.885 bits per heavy atom. The Kier molecular flexibility index (Phi) is 8.11. The van der Waals surface area contributed by atoms with Crippen LogP contribution in [0.5, 0.6) is 0 Å². The van der Waals surface area contributed by atoms with E-state index in [1.807, 2.05) is 0 Å². The quantitative estimate of drug-likeness (QED) is 0.423. The largest absolute Gasteiger partial charge is 1.00 e. The molecule has 0 bridgehead atoms. The summed E-state index contributed by atoms with van der Waals surface area (Å²) >= 11 is 0. The fourth-order valence-corrected chi connectivity index (χ4v) is 1.12. The first-order chi connectivity index (χ1) is 10.4. The van der Waals surface area contributed by atoms with E-state index >= 15 is 0 Å². The predicted molar refractivity (Wildman–Crippen MR) is 42.9 cm³/mol. The Bertz CT molecular complexity index is 494. The van der Waals surface area contributed by atoms with Crippen LogP contribution in [0.25, 0.3) is 0 Å². The molecule has 0 spiro atoms. The summed E-state index contributed by atoms with van der Waals surface area (Å²) in [5, 5.41) is 0. The van der Waals surface area contributed by atoms with E-state index < -0.39 is 48.1 Å². The molecule has 0 rings (SSSR count). The Balaban J connectivity index is -0.00000288. The van der Waals surface area contributed by atoms with Crippen molar-refractivity contribution in [3.05, 3.63) is 0 Å². The third-order valence-electron chi connectivity index (χ3n) is 2.63. The Morgan fingerprint density at radius 1 is 0.423 bits per heavy atom. The molecule has 0 aliphatic carbocycles. The number of hydrogen-bond donors (Lipinski definition) is 0. The molecule has 26 heavy (non-hydrogen) atoms. The van der Waals surface area contributed by atoms with E-state index in [1.165, 1.54) is 0 Å². The predicted octanol–water partition coefficient (Wildman–Crippen LogP) is 2.74. The SMILES string of the molecule is FC(F)C(F)(F)C(F)(F)C(F)(F)C(F)(F)C(F)(F)C(F)(F)C(F)(F)F.[H-].[K+]. The number of hydrogen-bond acceptors (Lipinski definition) is 0. The minimum atomic E-state index is -8.54. The van der Waals surface area contributed by atoms with Gasteiger partial charge in [-0.05, 0) is 0 Å². The first kappa shape index (κ1) is 28.7. The summed E-state index contributed by atoms with van der Waals surface area (Å²) in [7, 11) is 0. The Hall–Kier alpha value is 0.446. The van der Waals surface area contributed by atoms with Crippen molar-refractivity contribution in [1.29, 1.82) is 0 Å². The van der Waals surface area contributed by atoms with Gasteiger partial charge in [0.2, 0.25) is 0 Å². The molecule has 0 amide bonds. The van der Waals surface area contributed by atoms with Gasteiger partial charge >= 0.3 is 99.5 Å². The average Bonchev–Trinajstić information content (AvgIpc) is 2.35. The van der Waals surface area contributed by atoms with Crippen LogP contribution in [-0.2, 0) is 0 Å². The van der Waals surface area contributed by atoms with Gasteiger partial charge in [-0.15, -0.1) is 0 Å². The second-order valence-corrected chi connectivity index (χ2v) is 4.29. The molecule has 0 nitrogen and oxygen atoms in total. The van der Waals surface area contributed by atoms with Gasteiger partial charge in [-0.25, -0.2) is 8.78 Å². The van der Waals surface area contributed by atoms with Crippen molar-refractivity contribution in [2.24, 2.45) is 0 Å². The molecule has 0 aromatic rings. The fraction of sp³-hybridized carbons (Fsp3) is 1.00. The van der Waals surface area contributed by atoms with E-state index in [9.17, 15) is 74.6 Å². The number of alkyl halides is 17. The zero-order chi connectivity index (χ0) is 21.1. The fourth-order valence-electron chi connectivity index (χ4n) is 1.12. The summed E-state index contributed by atoms with van der Waals surface area (Å²) in [6.45, 7) is 0. The molecule has 0 heterocycles. The van der Waals surface area contributed by atoms with Crippen molar-refractivity contribution in [2.75, 3.05) is 0 Å². The summed E-state index contributed by atoms with van der Waals surface area (Å²) in [4.78, 5) is 0. The van der Waals surface area contributed by atoms with Gasteiger partial charge in [-0.2, -0.15) is 65.9 Å². The van der Waals surface area contributed by atoms with Crippen LogP contribution in [0.2, 0.25) is 0 Å². The summed E-state index contributed by atoms with van der Waals surface area (Å²) in [6, 6.07) is 0. The molecule has 0 saturated heterocycles. The molecule has 18 heteroatoms. The van der Waals surface area contributed by atoms with Crippen molar-refractivity contribution < 1.29 is 127 Å². The minimum absolute atomic E-state index is 0. The van der Waals surface area contributed by atoms with Gasteiger partial charge in [0, 0.05) is 0 Å². The molecule has 0 aromatic carbocycles. The van der Waals surface area contributed by atoms with Crippen molar-refractivity contribution in [1.82, 2.24) is 0 Å². The van der Waals surface area contributed by atoms with Crippen LogP contribution < -0.4 is 51.4 Å². The molecular formula is C8H2F17K. The summed E-state index contributed by atoms with van der Waals surface area (Å²) in [5.74, 6) is -49.2. The zero-order valence-corrected chi connectivity index (χ0v) is 14.6. The first-order valence-corrected chi connectivity index (χ1v) is 5.06. The second kappa shape index (κ2) is 7.36. The third-order valence-corrected chi connectivity index (χ3v) is 2.63. The van der Waals surface area contributed by atoms with E-state index in [4.69, 9.17) is 0 Å². The smallest absolute Gasteiger partial charge is 1.00 e. The van der Waals surface area contributed by atoms with E-state index in [0.29, 0.717) is 0 Å². The number of rotatable bonds is 6. The maximum atomic E-state index is 12.8. The molecule has 0 aliphatic heterocycles. The van der Waals surface area contributed by atoms with Crippen LogP contribution in [0.1, 0.15) is 1.43 Å². The van der Waals surface area contributed by atoms with Crippen LogP contribution in [0.15, 0.2) is 0 Å². The molecule has 0 aromatic heterocycles. The molecule has 0 radical (unpaired) electrons. The summed E-state index contributed by atoms with van der Waals surface area (Å²) < 4.78 is 209. The average molecular weight is 460 g/mol. The van der Waals surface area contributed by atoms with Crippen LogP contribution in [0.3, 0.4) is 0 Å². The van der Waals surface area contributed by atoms with E-state index in [1.54, 1.807) is 0 Å². The van der Waals surface area contributed by atoms with Crippen molar-refractivity contribution in [3.8, 4) is 0 Å². The molecule has 154 valence electrons. The monoisotopic (exact) mass is 460 g/mol. The van der Waals surface area contributed by atoms with Crippen LogP contribution in [0.4, 0.5) is 74.6 Å². The zero-order valence-electron chi connectivity index (χ0n) is 12.5. The molecule has 0 atom stereocenters. The molecule has 0 N–H and O–H groups in total. The maximum absolute atomic E-state index is 12.8. The Morgan fingerprint density at radius 2 is 0.654 bits per heavy atom. The normalized spacial score (nSPS) is 15.9. The van der Waals surface area contributed by atoms with Gasteiger partial charge in [-0.1, -0.05) is 0 Å². The maximum Gasteiger partial charge on any atom is 1.00 e.